The molecule has 0 fully saturated rings. The molecule has 130 valence electrons. The molecule has 0 atom stereocenters. The Labute approximate surface area is 150 Å². The van der Waals surface area contributed by atoms with Gasteiger partial charge in [0.1, 0.15) is 0 Å². The Balaban J connectivity index is 1.94. The van der Waals surface area contributed by atoms with Gasteiger partial charge in [-0.15, -0.1) is 0 Å². The number of fused-ring (bicyclic) bond motifs is 1. The Morgan fingerprint density at radius 3 is 2.76 bits per heavy atom. The number of anilines is 2. The maximum absolute atomic E-state index is 11.5. The first-order valence-electron chi connectivity index (χ1n) is 7.51. The van der Waals surface area contributed by atoms with Crippen LogP contribution >= 0.6 is 0 Å². The van der Waals surface area contributed by atoms with Gasteiger partial charge in [-0.2, -0.15) is 0 Å². The average molecular weight is 405 g/mol. The normalized spacial score (nSPS) is 10.9. The second-order valence-electron chi connectivity index (χ2n) is 5.20. The molecule has 0 aliphatic carbocycles. The van der Waals surface area contributed by atoms with E-state index in [0.717, 1.165) is 5.56 Å². The van der Waals surface area contributed by atoms with Crippen LogP contribution in [0.15, 0.2) is 36.7 Å². The first-order valence-corrected chi connectivity index (χ1v) is 9.22. The van der Waals surface area contributed by atoms with Crippen molar-refractivity contribution in [3.63, 3.8) is 0 Å². The number of amides is 1. The minimum atomic E-state index is -0.622. The molecule has 25 heavy (non-hydrogen) atoms. The van der Waals surface area contributed by atoms with Crippen molar-refractivity contribution in [2.45, 2.75) is 13.3 Å². The molecule has 8 nitrogen and oxygen atoms in total. The van der Waals surface area contributed by atoms with Gasteiger partial charge in [0.2, 0.25) is 0 Å². The van der Waals surface area contributed by atoms with Crippen molar-refractivity contribution in [1.82, 2.24) is 14.5 Å². The Kier molecular flexibility index (Phi) is 5.18. The number of carbonyl (C=O) groups is 1. The number of primary amides is 1. The van der Waals surface area contributed by atoms with E-state index in [9.17, 15) is 4.79 Å². The van der Waals surface area contributed by atoms with Crippen LogP contribution in [0.4, 0.5) is 16.4 Å². The minimum absolute atomic E-state index is 0.215. The third kappa shape index (κ3) is 3.58. The molecule has 3 aromatic rings. The van der Waals surface area contributed by atoms with E-state index >= 15 is 0 Å². The zero-order chi connectivity index (χ0) is 17.8. The fraction of sp³-hybridized carbons (Fsp3) is 0.188. The monoisotopic (exact) mass is 406 g/mol. The summed E-state index contributed by atoms with van der Waals surface area (Å²) in [4.78, 5) is 19.6. The number of hydrogen-bond donors (Lipinski definition) is 3. The van der Waals surface area contributed by atoms with Crippen LogP contribution in [-0.2, 0) is 18.1 Å². The molecule has 0 saturated heterocycles. The van der Waals surface area contributed by atoms with Gasteiger partial charge in [0, 0.05) is 0 Å². The SMILES string of the molecule is CNc1ncnc2c1c([Se]C(N)=O)c(N)n2COCc1ccccc1. The van der Waals surface area contributed by atoms with E-state index in [4.69, 9.17) is 16.2 Å². The predicted molar refractivity (Wildman–Crippen MR) is 97.7 cm³/mol. The first kappa shape index (κ1) is 17.2. The molecule has 9 heteroatoms. The fourth-order valence-corrected chi connectivity index (χ4v) is 3.99. The summed E-state index contributed by atoms with van der Waals surface area (Å²) in [6.45, 7) is 0.659. The molecule has 2 heterocycles. The topological polar surface area (TPSA) is 121 Å². The predicted octanol–water partition coefficient (Wildman–Crippen LogP) is 0.638. The number of benzene rings is 1. The van der Waals surface area contributed by atoms with Crippen LogP contribution in [0.3, 0.4) is 0 Å². The standard InChI is InChI=1S/C16H18N6O2Se/c1-19-14-11-12(25-16(18)23)13(17)22(15(11)21-8-20-14)9-24-7-10-5-3-2-4-6-10/h2-6,8H,7,9,17H2,1H3,(H2,18,23)(H,19,20,21). The fourth-order valence-electron chi connectivity index (χ4n) is 2.51. The van der Waals surface area contributed by atoms with Crippen molar-refractivity contribution in [2.24, 2.45) is 5.73 Å². The zero-order valence-electron chi connectivity index (χ0n) is 13.6. The average Bonchev–Trinajstić information content (AvgIpc) is 2.88. The van der Waals surface area contributed by atoms with Gasteiger partial charge in [0.05, 0.1) is 0 Å². The van der Waals surface area contributed by atoms with Crippen molar-refractivity contribution >= 4 is 46.9 Å². The van der Waals surface area contributed by atoms with Crippen molar-refractivity contribution < 1.29 is 9.53 Å². The molecule has 0 aliphatic heterocycles. The molecule has 3 rings (SSSR count). The van der Waals surface area contributed by atoms with Crippen LogP contribution in [0, 0.1) is 0 Å². The molecule has 0 unspecified atom stereocenters. The number of aromatic nitrogens is 3. The number of hydrogen-bond acceptors (Lipinski definition) is 6. The number of nitrogen functional groups attached to an aromatic ring is 1. The molecule has 5 N–H and O–H groups in total. The Morgan fingerprint density at radius 2 is 2.08 bits per heavy atom. The quantitative estimate of drug-likeness (QED) is 0.496. The first-order chi connectivity index (χ1) is 12.1. The van der Waals surface area contributed by atoms with Gasteiger partial charge in [-0.3, -0.25) is 0 Å². The van der Waals surface area contributed by atoms with E-state index in [1.54, 1.807) is 11.6 Å². The van der Waals surface area contributed by atoms with Crippen molar-refractivity contribution in [1.29, 1.82) is 0 Å². The van der Waals surface area contributed by atoms with Crippen LogP contribution in [0.25, 0.3) is 11.0 Å². The van der Waals surface area contributed by atoms with Gasteiger partial charge < -0.3 is 0 Å². The van der Waals surface area contributed by atoms with Gasteiger partial charge in [-0.1, -0.05) is 0 Å². The van der Waals surface area contributed by atoms with Crippen LogP contribution in [0.5, 0.6) is 0 Å². The van der Waals surface area contributed by atoms with E-state index in [1.165, 1.54) is 6.33 Å². The molecule has 0 aliphatic rings. The number of nitrogens with two attached hydrogens (primary N) is 2. The molecule has 0 bridgehead atoms. The summed E-state index contributed by atoms with van der Waals surface area (Å²) >= 11 is -0.622. The van der Waals surface area contributed by atoms with Crippen molar-refractivity contribution in [3.05, 3.63) is 42.2 Å². The van der Waals surface area contributed by atoms with Gasteiger partial charge in [-0.25, -0.2) is 0 Å². The van der Waals surface area contributed by atoms with Crippen molar-refractivity contribution in [3.8, 4) is 0 Å². The Bertz CT molecular complexity index is 897. The van der Waals surface area contributed by atoms with E-state index in [2.05, 4.69) is 15.3 Å². The molecule has 0 saturated carbocycles. The molecule has 0 radical (unpaired) electrons. The molecule has 1 aromatic carbocycles. The summed E-state index contributed by atoms with van der Waals surface area (Å²) in [6, 6.07) is 9.84. The number of nitrogens with zero attached hydrogens (tertiary/aromatic N) is 3. The number of ether oxygens (including phenoxy) is 1. The molecule has 0 spiro atoms. The molecule has 2 aromatic heterocycles. The van der Waals surface area contributed by atoms with Gasteiger partial charge >= 0.3 is 150 Å². The number of nitrogens with one attached hydrogen (secondary N) is 1. The van der Waals surface area contributed by atoms with Gasteiger partial charge in [0.15, 0.2) is 0 Å². The van der Waals surface area contributed by atoms with Gasteiger partial charge in [0.25, 0.3) is 0 Å². The van der Waals surface area contributed by atoms with E-state index in [-0.39, 0.29) is 6.73 Å². The summed E-state index contributed by atoms with van der Waals surface area (Å²) in [5.41, 5.74) is 13.3. The summed E-state index contributed by atoms with van der Waals surface area (Å²) in [6.07, 6.45) is 1.45. The summed E-state index contributed by atoms with van der Waals surface area (Å²) in [7, 11) is 1.75. The summed E-state index contributed by atoms with van der Waals surface area (Å²) in [5.74, 6) is 1.04. The zero-order valence-corrected chi connectivity index (χ0v) is 15.3. The van der Waals surface area contributed by atoms with E-state index in [1.807, 2.05) is 30.3 Å². The van der Waals surface area contributed by atoms with E-state index in [0.29, 0.717) is 33.7 Å². The number of rotatable bonds is 7. The van der Waals surface area contributed by atoms with Crippen molar-refractivity contribution in [2.75, 3.05) is 18.1 Å². The summed E-state index contributed by atoms with van der Waals surface area (Å²) < 4.78 is 8.19. The molecular weight excluding hydrogens is 387 g/mol. The maximum atomic E-state index is 11.5. The third-order valence-corrected chi connectivity index (χ3v) is 5.32. The van der Waals surface area contributed by atoms with Crippen LogP contribution in [0.2, 0.25) is 0 Å². The molecule has 1 amide bonds. The van der Waals surface area contributed by atoms with Crippen LogP contribution < -0.4 is 21.2 Å². The molecular formula is C16H18N6O2Se. The van der Waals surface area contributed by atoms with Crippen LogP contribution in [-0.4, -0.2) is 41.3 Å². The van der Waals surface area contributed by atoms with Crippen LogP contribution in [0.1, 0.15) is 5.56 Å². The summed E-state index contributed by atoms with van der Waals surface area (Å²) in [5, 5.41) is 3.72. The number of carbonyl (C=O) groups excluding carboxylic acids is 1. The second-order valence-corrected chi connectivity index (χ2v) is 7.33. The Morgan fingerprint density at radius 1 is 1.32 bits per heavy atom. The van der Waals surface area contributed by atoms with E-state index < -0.39 is 19.8 Å². The Hall–Kier alpha value is -2.61. The van der Waals surface area contributed by atoms with Gasteiger partial charge in [-0.05, 0) is 0 Å². The second kappa shape index (κ2) is 7.52. The third-order valence-electron chi connectivity index (χ3n) is 3.60.